The molecule has 185 valence electrons. The second-order valence-corrected chi connectivity index (χ2v) is 7.22. The van der Waals surface area contributed by atoms with E-state index >= 15 is 0 Å². The van der Waals surface area contributed by atoms with Gasteiger partial charge in [-0.15, -0.1) is 27.9 Å². The molecule has 0 aliphatic carbocycles. The van der Waals surface area contributed by atoms with E-state index in [1.807, 2.05) is 47.8 Å². The van der Waals surface area contributed by atoms with Gasteiger partial charge in [-0.3, -0.25) is 13.8 Å². The summed E-state index contributed by atoms with van der Waals surface area (Å²) < 4.78 is 63.0. The van der Waals surface area contributed by atoms with Gasteiger partial charge in [0.1, 0.15) is 5.69 Å². The van der Waals surface area contributed by atoms with Crippen LogP contribution in [-0.2, 0) is 32.8 Å². The van der Waals surface area contributed by atoms with Crippen molar-refractivity contribution in [2.45, 2.75) is 12.7 Å². The van der Waals surface area contributed by atoms with Crippen LogP contribution in [0.4, 0.5) is 33.3 Å². The molecule has 4 aromatic rings. The molecule has 1 radical (unpaired) electrons. The quantitative estimate of drug-likeness (QED) is 0.241. The Morgan fingerprint density at radius 2 is 1.74 bits per heavy atom. The number of anilines is 2. The van der Waals surface area contributed by atoms with Gasteiger partial charge >= 0.3 is 6.18 Å². The van der Waals surface area contributed by atoms with Crippen LogP contribution in [0, 0.1) is 24.4 Å². The first-order valence-corrected chi connectivity index (χ1v) is 9.93. The zero-order chi connectivity index (χ0) is 24.3. The number of aromatic nitrogens is 4. The Labute approximate surface area is 211 Å². The van der Waals surface area contributed by atoms with Crippen LogP contribution in [0.15, 0.2) is 60.8 Å². The van der Waals surface area contributed by atoms with E-state index < -0.39 is 23.6 Å². The second-order valence-electron chi connectivity index (χ2n) is 7.22. The predicted molar refractivity (Wildman–Crippen MR) is 115 cm³/mol. The average molecular weight is 665 g/mol. The largest absolute Gasteiger partial charge is 0.504 e. The maximum absolute atomic E-state index is 13.7. The van der Waals surface area contributed by atoms with Crippen LogP contribution in [0.5, 0.6) is 0 Å². The van der Waals surface area contributed by atoms with E-state index in [0.29, 0.717) is 17.8 Å². The summed E-state index contributed by atoms with van der Waals surface area (Å²) in [6.45, 7) is 2.22. The van der Waals surface area contributed by atoms with Crippen LogP contribution < -0.4 is 9.80 Å². The third-order valence-electron chi connectivity index (χ3n) is 4.81. The Bertz CT molecular complexity index is 1260. The molecule has 0 fully saturated rings. The summed E-state index contributed by atoms with van der Waals surface area (Å²) >= 11 is 0. The normalized spacial score (nSPS) is 12.5. The number of alkyl halides is 3. The fraction of sp³-hybridized carbons (Fsp3) is 0.130. The third-order valence-corrected chi connectivity index (χ3v) is 4.81. The van der Waals surface area contributed by atoms with E-state index in [2.05, 4.69) is 26.2 Å². The van der Waals surface area contributed by atoms with Crippen molar-refractivity contribution in [3.05, 3.63) is 96.6 Å². The number of halogens is 5. The molecule has 1 N–H and O–H groups in total. The molecular weight excluding hydrogens is 648 g/mol. The molecule has 0 unspecified atom stereocenters. The molecule has 6 nitrogen and oxygen atoms in total. The van der Waals surface area contributed by atoms with Gasteiger partial charge in [0.2, 0.25) is 5.82 Å². The standard InChI is InChI=1S/C15H12F2N2.C8H5F3N4.Ir/c1-18-10-19(15-5-3-2-4-14(15)18)9-11-6-7-12(16)8-13(11)17;9-8(10,11)7-13-6(14-15-7)5-3-1-2-4-12-5;/h2-5,7-8,10H,9H2,1H3;1-4H,(H,13,14,15);/q-2;;. The van der Waals surface area contributed by atoms with Gasteiger partial charge in [-0.2, -0.15) is 25.9 Å². The zero-order valence-corrected chi connectivity index (χ0v) is 20.4. The molecule has 0 atom stereocenters. The summed E-state index contributed by atoms with van der Waals surface area (Å²) in [4.78, 5) is 9.79. The maximum atomic E-state index is 13.7. The van der Waals surface area contributed by atoms with Gasteiger partial charge in [0.05, 0.1) is 0 Å². The van der Waals surface area contributed by atoms with Crippen molar-refractivity contribution in [2.75, 3.05) is 16.8 Å². The van der Waals surface area contributed by atoms with Crippen molar-refractivity contribution in [1.82, 2.24) is 20.2 Å². The molecule has 0 amide bonds. The van der Waals surface area contributed by atoms with Crippen LogP contribution in [-0.4, -0.2) is 27.2 Å². The molecule has 2 aromatic carbocycles. The molecule has 12 heteroatoms. The number of rotatable bonds is 3. The van der Waals surface area contributed by atoms with Gasteiger partial charge in [0.15, 0.2) is 5.82 Å². The Hall–Kier alpha value is -3.37. The topological polar surface area (TPSA) is 60.9 Å². The molecule has 0 bridgehead atoms. The van der Waals surface area contributed by atoms with E-state index in [1.54, 1.807) is 18.2 Å². The number of pyridine rings is 1. The molecule has 2 aromatic heterocycles. The van der Waals surface area contributed by atoms with Crippen LogP contribution in [0.3, 0.4) is 0 Å². The number of aromatic amines is 1. The van der Waals surface area contributed by atoms with Crippen LogP contribution >= 0.6 is 0 Å². The molecule has 3 heterocycles. The number of hydrogen-bond acceptors (Lipinski definition) is 5. The van der Waals surface area contributed by atoms with Crippen LogP contribution in [0.25, 0.3) is 11.5 Å². The fourth-order valence-electron chi connectivity index (χ4n) is 3.24. The Kier molecular flexibility index (Phi) is 8.18. The number of para-hydroxylation sites is 2. The molecule has 0 saturated carbocycles. The minimum Gasteiger partial charge on any atom is -0.504 e. The second kappa shape index (κ2) is 10.9. The van der Waals surface area contributed by atoms with Gasteiger partial charge < -0.3 is 14.8 Å². The first-order chi connectivity index (χ1) is 16.2. The smallest absolute Gasteiger partial charge is 0.451 e. The number of fused-ring (bicyclic) bond motifs is 1. The van der Waals surface area contributed by atoms with Gasteiger partial charge in [-0.05, 0) is 37.9 Å². The first-order valence-electron chi connectivity index (χ1n) is 9.93. The summed E-state index contributed by atoms with van der Waals surface area (Å²) in [7, 11) is 1.93. The molecule has 1 aliphatic heterocycles. The van der Waals surface area contributed by atoms with Crippen LogP contribution in [0.1, 0.15) is 11.4 Å². The summed E-state index contributed by atoms with van der Waals surface area (Å²) in [5, 5.41) is 6.36. The van der Waals surface area contributed by atoms with Gasteiger partial charge in [-0.25, -0.2) is 0 Å². The average Bonchev–Trinajstić information content (AvgIpc) is 3.43. The number of H-pyrrole nitrogens is 1. The first kappa shape index (κ1) is 26.2. The van der Waals surface area contributed by atoms with Gasteiger partial charge in [0.25, 0.3) is 0 Å². The van der Waals surface area contributed by atoms with E-state index in [-0.39, 0.29) is 25.9 Å². The molecule has 35 heavy (non-hydrogen) atoms. The Morgan fingerprint density at radius 3 is 2.37 bits per heavy atom. The monoisotopic (exact) mass is 665 g/mol. The minimum absolute atomic E-state index is 0. The number of hydrogen-bond donors (Lipinski definition) is 1. The minimum atomic E-state index is -4.51. The SMILES string of the molecule is CN1[CH-]N(Cc2[c-]cc(F)cc2F)c2ccccc21.FC(F)(F)c1nnc(-c2ccccn2)[nH]1.[Ir]. The number of nitrogens with zero attached hydrogens (tertiary/aromatic N) is 5. The molecule has 0 saturated heterocycles. The Balaban J connectivity index is 0.000000195. The van der Waals surface area contributed by atoms with E-state index in [1.165, 1.54) is 6.20 Å². The molecular formula is C23H17F5IrN6-2. The van der Waals surface area contributed by atoms with Crippen LogP contribution in [0.2, 0.25) is 0 Å². The number of nitrogens with one attached hydrogen (secondary N) is 1. The van der Waals surface area contributed by atoms with Gasteiger partial charge in [-0.1, -0.05) is 18.2 Å². The summed E-state index contributed by atoms with van der Waals surface area (Å²) in [6.07, 6.45) is -3.05. The van der Waals surface area contributed by atoms with Crippen molar-refractivity contribution < 1.29 is 42.1 Å². The fourth-order valence-corrected chi connectivity index (χ4v) is 3.24. The summed E-state index contributed by atoms with van der Waals surface area (Å²) in [5.41, 5.74) is 2.73. The van der Waals surface area contributed by atoms with E-state index in [0.717, 1.165) is 23.5 Å². The van der Waals surface area contributed by atoms with E-state index in [4.69, 9.17) is 0 Å². The predicted octanol–water partition coefficient (Wildman–Crippen LogP) is 5.22. The Morgan fingerprint density at radius 1 is 1.03 bits per heavy atom. The van der Waals surface area contributed by atoms with Gasteiger partial charge in [0, 0.05) is 49.3 Å². The van der Waals surface area contributed by atoms with Crippen molar-refractivity contribution in [3.63, 3.8) is 0 Å². The molecule has 0 spiro atoms. The van der Waals surface area contributed by atoms with Crippen molar-refractivity contribution >= 4 is 11.4 Å². The zero-order valence-electron chi connectivity index (χ0n) is 18.0. The number of benzene rings is 2. The molecule has 1 aliphatic rings. The van der Waals surface area contributed by atoms with E-state index in [9.17, 15) is 22.0 Å². The van der Waals surface area contributed by atoms with Crippen molar-refractivity contribution in [1.29, 1.82) is 0 Å². The van der Waals surface area contributed by atoms with Crippen molar-refractivity contribution in [2.24, 2.45) is 0 Å². The van der Waals surface area contributed by atoms with Crippen molar-refractivity contribution in [3.8, 4) is 11.5 Å². The maximum Gasteiger partial charge on any atom is 0.451 e. The molecule has 5 rings (SSSR count). The summed E-state index contributed by atoms with van der Waals surface area (Å²) in [6, 6.07) is 17.4. The summed E-state index contributed by atoms with van der Waals surface area (Å²) in [5.74, 6) is -2.30. The third kappa shape index (κ3) is 6.20.